The Bertz CT molecular complexity index is 665. The molecule has 0 atom stereocenters. The molecular weight excluding hydrogens is 486 g/mol. The summed E-state index contributed by atoms with van der Waals surface area (Å²) in [4.78, 5) is 4.01. The van der Waals surface area contributed by atoms with Crippen molar-refractivity contribution in [2.75, 3.05) is 32.2 Å². The number of guanidine groups is 1. The lowest BCUT2D eigenvalue weighted by atomic mass is 10.2. The Labute approximate surface area is 168 Å². The van der Waals surface area contributed by atoms with Crippen LogP contribution in [0.5, 0.6) is 5.75 Å². The van der Waals surface area contributed by atoms with Crippen molar-refractivity contribution in [3.05, 3.63) is 29.8 Å². The molecule has 1 aromatic rings. The Morgan fingerprint density at radius 1 is 1.19 bits per heavy atom. The van der Waals surface area contributed by atoms with Crippen molar-refractivity contribution in [1.82, 2.24) is 10.6 Å². The molecule has 0 aromatic heterocycles. The van der Waals surface area contributed by atoms with Gasteiger partial charge in [-0.15, -0.1) is 24.0 Å². The molecule has 0 saturated heterocycles. The maximum Gasteiger partial charge on any atom is 0.422 e. The fraction of sp³-hybridized carbons (Fsp3) is 0.533. The summed E-state index contributed by atoms with van der Waals surface area (Å²) in [7, 11) is -1.40. The maximum absolute atomic E-state index is 12.1. The second kappa shape index (κ2) is 11.5. The smallest absolute Gasteiger partial charge is 0.422 e. The molecule has 0 aliphatic rings. The quantitative estimate of drug-likeness (QED) is 0.244. The van der Waals surface area contributed by atoms with E-state index in [0.717, 1.165) is 5.56 Å². The van der Waals surface area contributed by atoms with Gasteiger partial charge in [-0.2, -0.15) is 13.2 Å². The topological polar surface area (TPSA) is 79.8 Å². The SMILES string of the molecule is CN=C(NCCCS(C)(=O)=O)NCc1ccc(OCC(F)(F)F)cc1.I. The molecule has 6 nitrogen and oxygen atoms in total. The van der Waals surface area contributed by atoms with Gasteiger partial charge < -0.3 is 15.4 Å². The normalized spacial score (nSPS) is 12.3. The minimum atomic E-state index is -4.37. The molecule has 0 aliphatic carbocycles. The number of sulfone groups is 1. The van der Waals surface area contributed by atoms with Crippen LogP contribution in [0.15, 0.2) is 29.3 Å². The molecular formula is C15H23F3IN3O3S. The Balaban J connectivity index is 0.00000625. The summed E-state index contributed by atoms with van der Waals surface area (Å²) in [6.45, 7) is -0.461. The minimum Gasteiger partial charge on any atom is -0.484 e. The van der Waals surface area contributed by atoms with E-state index >= 15 is 0 Å². The summed E-state index contributed by atoms with van der Waals surface area (Å²) >= 11 is 0. The van der Waals surface area contributed by atoms with Gasteiger partial charge >= 0.3 is 6.18 Å². The van der Waals surface area contributed by atoms with E-state index in [4.69, 9.17) is 0 Å². The summed E-state index contributed by atoms with van der Waals surface area (Å²) in [5, 5.41) is 6.01. The highest BCUT2D eigenvalue weighted by Gasteiger charge is 2.28. The number of nitrogens with one attached hydrogen (secondary N) is 2. The lowest BCUT2D eigenvalue weighted by molar-refractivity contribution is -0.153. The lowest BCUT2D eigenvalue weighted by Gasteiger charge is -2.12. The second-order valence-electron chi connectivity index (χ2n) is 5.38. The van der Waals surface area contributed by atoms with Gasteiger partial charge in [0.2, 0.25) is 0 Å². The van der Waals surface area contributed by atoms with Gasteiger partial charge in [0.1, 0.15) is 15.6 Å². The molecule has 0 bridgehead atoms. The maximum atomic E-state index is 12.1. The fourth-order valence-corrected chi connectivity index (χ4v) is 2.48. The Kier molecular flexibility index (Phi) is 10.9. The van der Waals surface area contributed by atoms with Crippen molar-refractivity contribution in [3.8, 4) is 5.75 Å². The molecule has 11 heteroatoms. The summed E-state index contributed by atoms with van der Waals surface area (Å²) in [6, 6.07) is 6.22. The number of alkyl halides is 3. The monoisotopic (exact) mass is 509 g/mol. The molecule has 0 aliphatic heterocycles. The number of hydrogen-bond acceptors (Lipinski definition) is 4. The Morgan fingerprint density at radius 2 is 1.81 bits per heavy atom. The molecule has 0 unspecified atom stereocenters. The molecule has 1 rings (SSSR count). The van der Waals surface area contributed by atoms with Crippen LogP contribution in [-0.2, 0) is 16.4 Å². The van der Waals surface area contributed by atoms with Crippen LogP contribution in [0.3, 0.4) is 0 Å². The molecule has 2 N–H and O–H groups in total. The molecule has 150 valence electrons. The molecule has 0 radical (unpaired) electrons. The van der Waals surface area contributed by atoms with Gasteiger partial charge in [0.15, 0.2) is 12.6 Å². The van der Waals surface area contributed by atoms with Crippen molar-refractivity contribution in [2.24, 2.45) is 4.99 Å². The molecule has 0 spiro atoms. The molecule has 0 heterocycles. The van der Waals surface area contributed by atoms with E-state index in [1.165, 1.54) is 18.4 Å². The third-order valence-corrected chi connectivity index (χ3v) is 4.02. The van der Waals surface area contributed by atoms with Crippen LogP contribution in [0, 0.1) is 0 Å². The van der Waals surface area contributed by atoms with E-state index in [1.54, 1.807) is 19.2 Å². The fourth-order valence-electron chi connectivity index (χ4n) is 1.82. The van der Waals surface area contributed by atoms with Gasteiger partial charge in [0.25, 0.3) is 0 Å². The Hall–Kier alpha value is -1.24. The van der Waals surface area contributed by atoms with Crippen LogP contribution >= 0.6 is 24.0 Å². The molecule has 1 aromatic carbocycles. The number of nitrogens with zero attached hydrogens (tertiary/aromatic N) is 1. The van der Waals surface area contributed by atoms with Crippen LogP contribution < -0.4 is 15.4 Å². The molecule has 26 heavy (non-hydrogen) atoms. The van der Waals surface area contributed by atoms with E-state index < -0.39 is 22.6 Å². The number of rotatable bonds is 8. The Morgan fingerprint density at radius 3 is 2.31 bits per heavy atom. The van der Waals surface area contributed by atoms with Gasteiger partial charge in [-0.1, -0.05) is 12.1 Å². The van der Waals surface area contributed by atoms with Gasteiger partial charge in [-0.25, -0.2) is 8.42 Å². The van der Waals surface area contributed by atoms with Gasteiger partial charge in [0, 0.05) is 26.4 Å². The largest absolute Gasteiger partial charge is 0.484 e. The predicted molar refractivity (Wildman–Crippen MR) is 106 cm³/mol. The standard InChI is InChI=1S/C15H22F3N3O3S.HI/c1-19-14(20-8-3-9-25(2,22)23)21-10-12-4-6-13(7-5-12)24-11-15(16,17)18;/h4-7H,3,8-11H2,1-2H3,(H2,19,20,21);1H. The van der Waals surface area contributed by atoms with Crippen molar-refractivity contribution >= 4 is 39.8 Å². The highest BCUT2D eigenvalue weighted by atomic mass is 127. The summed E-state index contributed by atoms with van der Waals surface area (Å²) < 4.78 is 62.9. The number of halogens is 4. The van der Waals surface area contributed by atoms with E-state index in [1.807, 2.05) is 0 Å². The highest BCUT2D eigenvalue weighted by Crippen LogP contribution is 2.18. The number of hydrogen-bond donors (Lipinski definition) is 2. The van der Waals surface area contributed by atoms with Crippen molar-refractivity contribution < 1.29 is 26.3 Å². The van der Waals surface area contributed by atoms with Crippen molar-refractivity contribution in [1.29, 1.82) is 0 Å². The van der Waals surface area contributed by atoms with E-state index in [9.17, 15) is 21.6 Å². The average molecular weight is 509 g/mol. The summed E-state index contributed by atoms with van der Waals surface area (Å²) in [5.74, 6) is 0.742. The van der Waals surface area contributed by atoms with Crippen LogP contribution in [0.4, 0.5) is 13.2 Å². The first-order valence-corrected chi connectivity index (χ1v) is 9.56. The van der Waals surface area contributed by atoms with Crippen LogP contribution in [0.1, 0.15) is 12.0 Å². The highest BCUT2D eigenvalue weighted by molar-refractivity contribution is 14.0. The number of ether oxygens (including phenoxy) is 1. The first-order valence-electron chi connectivity index (χ1n) is 7.50. The number of benzene rings is 1. The second-order valence-corrected chi connectivity index (χ2v) is 7.64. The van der Waals surface area contributed by atoms with Gasteiger partial charge in [0.05, 0.1) is 5.75 Å². The first-order chi connectivity index (χ1) is 11.6. The van der Waals surface area contributed by atoms with E-state index in [2.05, 4.69) is 20.4 Å². The third kappa shape index (κ3) is 12.2. The minimum absolute atomic E-state index is 0. The summed E-state index contributed by atoms with van der Waals surface area (Å²) in [6.07, 6.45) is -2.72. The average Bonchev–Trinajstić information content (AvgIpc) is 2.51. The van der Waals surface area contributed by atoms with Crippen molar-refractivity contribution in [3.63, 3.8) is 0 Å². The molecule has 0 fully saturated rings. The van der Waals surface area contributed by atoms with Gasteiger partial charge in [-0.05, 0) is 24.1 Å². The number of aliphatic imine (C=N–C) groups is 1. The van der Waals surface area contributed by atoms with Crippen molar-refractivity contribution in [2.45, 2.75) is 19.1 Å². The first kappa shape index (κ1) is 24.8. The van der Waals surface area contributed by atoms with Gasteiger partial charge in [-0.3, -0.25) is 4.99 Å². The van der Waals surface area contributed by atoms with E-state index in [-0.39, 0.29) is 35.5 Å². The van der Waals surface area contributed by atoms with Crippen LogP contribution in [0.2, 0.25) is 0 Å². The zero-order valence-electron chi connectivity index (χ0n) is 14.5. The zero-order valence-corrected chi connectivity index (χ0v) is 17.6. The summed E-state index contributed by atoms with van der Waals surface area (Å²) in [5.41, 5.74) is 0.832. The van der Waals surface area contributed by atoms with E-state index in [0.29, 0.717) is 25.5 Å². The van der Waals surface area contributed by atoms with Crippen LogP contribution in [-0.4, -0.2) is 52.8 Å². The zero-order chi connectivity index (χ0) is 18.9. The molecule has 0 amide bonds. The lowest BCUT2D eigenvalue weighted by Crippen LogP contribution is -2.37. The molecule has 0 saturated carbocycles. The predicted octanol–water partition coefficient (Wildman–Crippen LogP) is 2.35. The van der Waals surface area contributed by atoms with Crippen LogP contribution in [0.25, 0.3) is 0 Å². The third-order valence-electron chi connectivity index (χ3n) is 2.99.